The average Bonchev–Trinajstić information content (AvgIpc) is 2.85. The number of carbonyl (C=O) groups is 1. The summed E-state index contributed by atoms with van der Waals surface area (Å²) < 4.78 is 4.83. The van der Waals surface area contributed by atoms with Crippen molar-refractivity contribution in [2.75, 3.05) is 7.11 Å². The van der Waals surface area contributed by atoms with E-state index in [0.29, 0.717) is 5.56 Å². The van der Waals surface area contributed by atoms with Gasteiger partial charge in [0.1, 0.15) is 5.92 Å². The molecule has 0 radical (unpaired) electrons. The van der Waals surface area contributed by atoms with E-state index in [-0.39, 0.29) is 5.69 Å². The molecule has 6 nitrogen and oxygen atoms in total. The summed E-state index contributed by atoms with van der Waals surface area (Å²) in [6.45, 7) is 1.88. The summed E-state index contributed by atoms with van der Waals surface area (Å²) in [5.41, 5.74) is 2.29. The van der Waals surface area contributed by atoms with Gasteiger partial charge in [-0.1, -0.05) is 12.1 Å². The van der Waals surface area contributed by atoms with Crippen molar-refractivity contribution in [2.24, 2.45) is 0 Å². The quantitative estimate of drug-likeness (QED) is 0.527. The third-order valence-electron chi connectivity index (χ3n) is 3.16. The van der Waals surface area contributed by atoms with Crippen LogP contribution in [0.4, 0.5) is 5.69 Å². The van der Waals surface area contributed by atoms with Crippen LogP contribution < -0.4 is 0 Å². The Labute approximate surface area is 115 Å². The summed E-state index contributed by atoms with van der Waals surface area (Å²) in [5, 5.41) is 10.7. The SMILES string of the molecule is COC(=O)C(c1ccc([N+](=O)[O-])cc1)c1[nH]ccc1C. The Balaban J connectivity index is 2.44. The molecule has 2 rings (SSSR count). The van der Waals surface area contributed by atoms with E-state index in [4.69, 9.17) is 4.74 Å². The molecule has 20 heavy (non-hydrogen) atoms. The van der Waals surface area contributed by atoms with E-state index < -0.39 is 16.8 Å². The maximum absolute atomic E-state index is 12.0. The lowest BCUT2D eigenvalue weighted by molar-refractivity contribution is -0.384. The first-order valence-corrected chi connectivity index (χ1v) is 6.00. The predicted octanol–water partition coefficient (Wildman–Crippen LogP) is 2.54. The van der Waals surface area contributed by atoms with E-state index >= 15 is 0 Å². The minimum atomic E-state index is -0.615. The van der Waals surface area contributed by atoms with Gasteiger partial charge in [0.15, 0.2) is 0 Å². The summed E-state index contributed by atoms with van der Waals surface area (Å²) in [5.74, 6) is -1.03. The number of esters is 1. The minimum absolute atomic E-state index is 0.0134. The zero-order valence-corrected chi connectivity index (χ0v) is 11.1. The number of hydrogen-bond acceptors (Lipinski definition) is 4. The standard InChI is InChI=1S/C14H14N2O4/c1-9-7-8-15-13(9)12(14(17)20-2)10-3-5-11(6-4-10)16(18)19/h3-8,12,15H,1-2H3. The van der Waals surface area contributed by atoms with Crippen LogP contribution in [0.25, 0.3) is 0 Å². The molecule has 0 saturated heterocycles. The molecule has 0 aliphatic heterocycles. The number of methoxy groups -OCH3 is 1. The monoisotopic (exact) mass is 274 g/mol. The molecule has 0 fully saturated rings. The van der Waals surface area contributed by atoms with Crippen molar-refractivity contribution in [1.29, 1.82) is 0 Å². The number of carbonyl (C=O) groups excluding carboxylic acids is 1. The van der Waals surface area contributed by atoms with E-state index in [2.05, 4.69) is 4.98 Å². The van der Waals surface area contributed by atoms with Gasteiger partial charge in [-0.05, 0) is 24.1 Å². The molecule has 0 aliphatic rings. The maximum Gasteiger partial charge on any atom is 0.319 e. The Morgan fingerprint density at radius 3 is 2.40 bits per heavy atom. The first-order chi connectivity index (χ1) is 9.54. The Hall–Kier alpha value is -2.63. The van der Waals surface area contributed by atoms with Crippen molar-refractivity contribution in [3.05, 3.63) is 63.5 Å². The van der Waals surface area contributed by atoms with Crippen LogP contribution in [-0.4, -0.2) is 23.0 Å². The highest BCUT2D eigenvalue weighted by molar-refractivity contribution is 5.82. The third-order valence-corrected chi connectivity index (χ3v) is 3.16. The molecule has 0 spiro atoms. The lowest BCUT2D eigenvalue weighted by atomic mass is 9.93. The number of aryl methyl sites for hydroxylation is 1. The molecule has 2 aromatic rings. The Kier molecular flexibility index (Phi) is 3.84. The summed E-state index contributed by atoms with van der Waals surface area (Å²) in [7, 11) is 1.32. The highest BCUT2D eigenvalue weighted by atomic mass is 16.6. The molecular formula is C14H14N2O4. The van der Waals surface area contributed by atoms with Crippen molar-refractivity contribution in [3.8, 4) is 0 Å². The molecule has 1 heterocycles. The molecule has 1 aromatic carbocycles. The maximum atomic E-state index is 12.0. The number of rotatable bonds is 4. The van der Waals surface area contributed by atoms with Crippen molar-refractivity contribution < 1.29 is 14.5 Å². The first-order valence-electron chi connectivity index (χ1n) is 6.00. The zero-order chi connectivity index (χ0) is 14.7. The second-order valence-corrected chi connectivity index (χ2v) is 4.38. The second-order valence-electron chi connectivity index (χ2n) is 4.38. The number of nitro groups is 1. The number of nitro benzene ring substituents is 1. The number of hydrogen-bond donors (Lipinski definition) is 1. The first kappa shape index (κ1) is 13.8. The molecule has 1 aromatic heterocycles. The average molecular weight is 274 g/mol. The number of nitrogens with zero attached hydrogens (tertiary/aromatic N) is 1. The van der Waals surface area contributed by atoms with Crippen LogP contribution in [0, 0.1) is 17.0 Å². The number of non-ortho nitro benzene ring substituents is 1. The molecular weight excluding hydrogens is 260 g/mol. The van der Waals surface area contributed by atoms with Crippen molar-refractivity contribution in [2.45, 2.75) is 12.8 Å². The van der Waals surface area contributed by atoms with E-state index in [1.54, 1.807) is 18.3 Å². The van der Waals surface area contributed by atoms with Gasteiger partial charge in [-0.15, -0.1) is 0 Å². The number of H-pyrrole nitrogens is 1. The van der Waals surface area contributed by atoms with Crippen LogP contribution in [0.3, 0.4) is 0 Å². The molecule has 0 amide bonds. The van der Waals surface area contributed by atoms with Crippen LogP contribution in [0.5, 0.6) is 0 Å². The van der Waals surface area contributed by atoms with Gasteiger partial charge in [0.25, 0.3) is 5.69 Å². The van der Waals surface area contributed by atoms with Crippen LogP contribution in [0.15, 0.2) is 36.5 Å². The van der Waals surface area contributed by atoms with E-state index in [0.717, 1.165) is 11.3 Å². The molecule has 6 heteroatoms. The molecule has 0 aliphatic carbocycles. The van der Waals surface area contributed by atoms with Gasteiger partial charge in [-0.25, -0.2) is 0 Å². The fraction of sp³-hybridized carbons (Fsp3) is 0.214. The Bertz CT molecular complexity index is 631. The molecule has 1 N–H and O–H groups in total. The fourth-order valence-electron chi connectivity index (χ4n) is 2.10. The number of nitrogens with one attached hydrogen (secondary N) is 1. The second kappa shape index (κ2) is 5.56. The molecule has 0 bridgehead atoms. The van der Waals surface area contributed by atoms with E-state index in [1.165, 1.54) is 19.2 Å². The van der Waals surface area contributed by atoms with Crippen molar-refractivity contribution in [3.63, 3.8) is 0 Å². The van der Waals surface area contributed by atoms with E-state index in [1.807, 2.05) is 13.0 Å². The van der Waals surface area contributed by atoms with Gasteiger partial charge in [-0.2, -0.15) is 0 Å². The lowest BCUT2D eigenvalue weighted by Gasteiger charge is -2.15. The minimum Gasteiger partial charge on any atom is -0.468 e. The molecule has 1 atom stereocenters. The molecule has 1 unspecified atom stereocenters. The van der Waals surface area contributed by atoms with Crippen molar-refractivity contribution >= 4 is 11.7 Å². The van der Waals surface area contributed by atoms with Gasteiger partial charge < -0.3 is 9.72 Å². The van der Waals surface area contributed by atoms with Gasteiger partial charge in [0.2, 0.25) is 0 Å². The smallest absolute Gasteiger partial charge is 0.319 e. The molecule has 104 valence electrons. The summed E-state index contributed by atoms with van der Waals surface area (Å²) in [4.78, 5) is 25.2. The predicted molar refractivity (Wildman–Crippen MR) is 72.5 cm³/mol. The fourth-order valence-corrected chi connectivity index (χ4v) is 2.10. The van der Waals surface area contributed by atoms with Crippen LogP contribution in [0.2, 0.25) is 0 Å². The third kappa shape index (κ3) is 2.54. The number of ether oxygens (including phenoxy) is 1. The Morgan fingerprint density at radius 1 is 1.30 bits per heavy atom. The summed E-state index contributed by atoms with van der Waals surface area (Å²) in [6, 6.07) is 7.75. The van der Waals surface area contributed by atoms with Crippen molar-refractivity contribution in [1.82, 2.24) is 4.98 Å². The molecule has 0 saturated carbocycles. The number of benzene rings is 1. The van der Waals surface area contributed by atoms with Crippen LogP contribution >= 0.6 is 0 Å². The van der Waals surface area contributed by atoms with Crippen LogP contribution in [0.1, 0.15) is 22.7 Å². The topological polar surface area (TPSA) is 85.2 Å². The lowest BCUT2D eigenvalue weighted by Crippen LogP contribution is -2.17. The van der Waals surface area contributed by atoms with E-state index in [9.17, 15) is 14.9 Å². The normalized spacial score (nSPS) is 11.9. The van der Waals surface area contributed by atoms with Gasteiger partial charge >= 0.3 is 5.97 Å². The summed E-state index contributed by atoms with van der Waals surface area (Å²) in [6.07, 6.45) is 1.74. The highest BCUT2D eigenvalue weighted by Gasteiger charge is 2.26. The zero-order valence-electron chi connectivity index (χ0n) is 11.1. The van der Waals surface area contributed by atoms with Gasteiger partial charge in [-0.3, -0.25) is 14.9 Å². The number of aromatic amines is 1. The number of aromatic nitrogens is 1. The Morgan fingerprint density at radius 2 is 1.95 bits per heavy atom. The van der Waals surface area contributed by atoms with Gasteiger partial charge in [0.05, 0.1) is 12.0 Å². The summed E-state index contributed by atoms with van der Waals surface area (Å²) >= 11 is 0. The largest absolute Gasteiger partial charge is 0.468 e. The highest BCUT2D eigenvalue weighted by Crippen LogP contribution is 2.28. The van der Waals surface area contributed by atoms with Crippen LogP contribution in [-0.2, 0) is 9.53 Å². The van der Waals surface area contributed by atoms with Gasteiger partial charge in [0, 0.05) is 24.0 Å².